The molecule has 4 nitrogen and oxygen atoms in total. The zero-order valence-corrected chi connectivity index (χ0v) is 13.5. The summed E-state index contributed by atoms with van der Waals surface area (Å²) < 4.78 is 13.1. The zero-order valence-electron chi connectivity index (χ0n) is 12.7. The van der Waals surface area contributed by atoms with Crippen LogP contribution >= 0.6 is 11.6 Å². The highest BCUT2D eigenvalue weighted by atomic mass is 35.5. The summed E-state index contributed by atoms with van der Waals surface area (Å²) in [7, 11) is 0. The van der Waals surface area contributed by atoms with E-state index in [0.717, 1.165) is 12.0 Å². The quantitative estimate of drug-likeness (QED) is 0.904. The van der Waals surface area contributed by atoms with E-state index in [1.165, 1.54) is 12.1 Å². The van der Waals surface area contributed by atoms with E-state index in [2.05, 4.69) is 5.32 Å². The van der Waals surface area contributed by atoms with Gasteiger partial charge in [0.05, 0.1) is 5.02 Å². The summed E-state index contributed by atoms with van der Waals surface area (Å²) in [6.07, 6.45) is 1.30. The minimum absolute atomic E-state index is 0.0266. The lowest BCUT2D eigenvalue weighted by Crippen LogP contribution is -2.50. The van der Waals surface area contributed by atoms with Crippen molar-refractivity contribution in [3.63, 3.8) is 0 Å². The predicted molar refractivity (Wildman–Crippen MR) is 82.8 cm³/mol. The summed E-state index contributed by atoms with van der Waals surface area (Å²) >= 11 is 5.72. The van der Waals surface area contributed by atoms with E-state index in [0.29, 0.717) is 13.0 Å². The van der Waals surface area contributed by atoms with Crippen molar-refractivity contribution in [1.82, 2.24) is 10.2 Å². The van der Waals surface area contributed by atoms with Gasteiger partial charge in [0.15, 0.2) is 0 Å². The fourth-order valence-electron chi connectivity index (χ4n) is 2.71. The number of nitrogens with one attached hydrogen (secondary N) is 1. The summed E-state index contributed by atoms with van der Waals surface area (Å²) in [4.78, 5) is 25.9. The molecule has 1 aromatic carbocycles. The van der Waals surface area contributed by atoms with Gasteiger partial charge in [-0.25, -0.2) is 4.39 Å². The lowest BCUT2D eigenvalue weighted by Gasteiger charge is -2.29. The molecule has 1 aromatic rings. The van der Waals surface area contributed by atoms with Crippen molar-refractivity contribution in [2.45, 2.75) is 39.3 Å². The largest absolute Gasteiger partial charge is 0.350 e. The maximum atomic E-state index is 13.1. The van der Waals surface area contributed by atoms with Crippen LogP contribution in [0.4, 0.5) is 4.39 Å². The topological polar surface area (TPSA) is 49.4 Å². The number of hydrogen-bond acceptors (Lipinski definition) is 2. The minimum atomic E-state index is -0.487. The molecule has 1 unspecified atom stereocenters. The summed E-state index contributed by atoms with van der Waals surface area (Å²) in [6.45, 7) is 4.72. The smallest absolute Gasteiger partial charge is 0.243 e. The second-order valence-electron chi connectivity index (χ2n) is 5.85. The minimum Gasteiger partial charge on any atom is -0.350 e. The van der Waals surface area contributed by atoms with Crippen molar-refractivity contribution in [2.75, 3.05) is 6.54 Å². The number of likely N-dealkylation sites (tertiary alicyclic amines) is 1. The van der Waals surface area contributed by atoms with Crippen molar-refractivity contribution in [3.05, 3.63) is 34.6 Å². The first-order valence-corrected chi connectivity index (χ1v) is 7.79. The number of halogens is 2. The molecule has 1 heterocycles. The Morgan fingerprint density at radius 3 is 2.73 bits per heavy atom. The molecule has 2 amide bonds. The van der Waals surface area contributed by atoms with Crippen LogP contribution in [0.15, 0.2) is 18.2 Å². The maximum absolute atomic E-state index is 13.1. The first-order valence-electron chi connectivity index (χ1n) is 7.41. The molecule has 0 saturated carbocycles. The first-order chi connectivity index (χ1) is 10.4. The SMILES string of the molecule is CC(C)C(C(=O)NCc1ccc(F)c(Cl)c1)N1CCCC1=O. The van der Waals surface area contributed by atoms with Crippen LogP contribution in [0.1, 0.15) is 32.3 Å². The van der Waals surface area contributed by atoms with Crippen LogP contribution in [-0.4, -0.2) is 29.3 Å². The van der Waals surface area contributed by atoms with E-state index in [4.69, 9.17) is 11.6 Å². The average Bonchev–Trinajstić information content (AvgIpc) is 2.86. The predicted octanol–water partition coefficient (Wildman–Crippen LogP) is 2.74. The maximum Gasteiger partial charge on any atom is 0.243 e. The van der Waals surface area contributed by atoms with Crippen molar-refractivity contribution < 1.29 is 14.0 Å². The standard InChI is InChI=1S/C16H20ClFN2O2/c1-10(2)15(20-7-3-4-14(20)21)16(22)19-9-11-5-6-13(18)12(17)8-11/h5-6,8,10,15H,3-4,7,9H2,1-2H3,(H,19,22). The van der Waals surface area contributed by atoms with E-state index in [9.17, 15) is 14.0 Å². The van der Waals surface area contributed by atoms with E-state index < -0.39 is 11.9 Å². The molecule has 0 aromatic heterocycles. The number of carbonyl (C=O) groups excluding carboxylic acids is 2. The highest BCUT2D eigenvalue weighted by molar-refractivity contribution is 6.30. The number of amides is 2. The molecular formula is C16H20ClFN2O2. The molecule has 120 valence electrons. The Morgan fingerprint density at radius 1 is 1.45 bits per heavy atom. The fourth-order valence-corrected chi connectivity index (χ4v) is 2.91. The molecule has 1 atom stereocenters. The average molecular weight is 327 g/mol. The summed E-state index contributed by atoms with van der Waals surface area (Å²) in [5.41, 5.74) is 0.718. The van der Waals surface area contributed by atoms with Gasteiger partial charge in [0.25, 0.3) is 0 Å². The Bertz CT molecular complexity index is 577. The van der Waals surface area contributed by atoms with E-state index in [-0.39, 0.29) is 29.3 Å². The third-order valence-corrected chi connectivity index (χ3v) is 4.09. The molecule has 22 heavy (non-hydrogen) atoms. The van der Waals surface area contributed by atoms with Crippen molar-refractivity contribution in [1.29, 1.82) is 0 Å². The van der Waals surface area contributed by atoms with Crippen LogP contribution in [0.2, 0.25) is 5.02 Å². The van der Waals surface area contributed by atoms with Crippen LogP contribution in [0.25, 0.3) is 0 Å². The van der Waals surface area contributed by atoms with Crippen LogP contribution in [0, 0.1) is 11.7 Å². The molecular weight excluding hydrogens is 307 g/mol. The Balaban J connectivity index is 2.02. The second-order valence-corrected chi connectivity index (χ2v) is 6.25. The van der Waals surface area contributed by atoms with E-state index in [1.54, 1.807) is 11.0 Å². The summed E-state index contributed by atoms with van der Waals surface area (Å²) in [5, 5.41) is 2.84. The summed E-state index contributed by atoms with van der Waals surface area (Å²) in [5.74, 6) is -0.623. The van der Waals surface area contributed by atoms with E-state index >= 15 is 0 Å². The molecule has 2 rings (SSSR count). The molecule has 1 saturated heterocycles. The number of hydrogen-bond donors (Lipinski definition) is 1. The molecule has 1 aliphatic rings. The zero-order chi connectivity index (χ0) is 16.3. The number of nitrogens with zero attached hydrogens (tertiary/aromatic N) is 1. The van der Waals surface area contributed by atoms with Crippen molar-refractivity contribution in [3.8, 4) is 0 Å². The van der Waals surface area contributed by atoms with Gasteiger partial charge in [-0.2, -0.15) is 0 Å². The number of rotatable bonds is 5. The summed E-state index contributed by atoms with van der Waals surface area (Å²) in [6, 6.07) is 3.87. The molecule has 1 fully saturated rings. The van der Waals surface area contributed by atoms with Crippen molar-refractivity contribution >= 4 is 23.4 Å². The van der Waals surface area contributed by atoms with Gasteiger partial charge < -0.3 is 10.2 Å². The van der Waals surface area contributed by atoms with Gasteiger partial charge in [0.2, 0.25) is 11.8 Å². The molecule has 0 radical (unpaired) electrons. The molecule has 1 N–H and O–H groups in total. The van der Waals surface area contributed by atoms with Gasteiger partial charge in [0, 0.05) is 19.5 Å². The third kappa shape index (κ3) is 3.77. The third-order valence-electron chi connectivity index (χ3n) is 3.80. The normalized spacial score (nSPS) is 16.2. The lowest BCUT2D eigenvalue weighted by atomic mass is 10.0. The van der Waals surface area contributed by atoms with Gasteiger partial charge in [-0.3, -0.25) is 9.59 Å². The Morgan fingerprint density at radius 2 is 2.18 bits per heavy atom. The van der Waals surface area contributed by atoms with Crippen LogP contribution < -0.4 is 5.32 Å². The highest BCUT2D eigenvalue weighted by Crippen LogP contribution is 2.20. The molecule has 0 spiro atoms. The number of carbonyl (C=O) groups is 2. The van der Waals surface area contributed by atoms with Gasteiger partial charge in [-0.1, -0.05) is 31.5 Å². The molecule has 6 heteroatoms. The van der Waals surface area contributed by atoms with Gasteiger partial charge >= 0.3 is 0 Å². The first kappa shape index (κ1) is 16.7. The Hall–Kier alpha value is -1.62. The second kappa shape index (κ2) is 7.09. The van der Waals surface area contributed by atoms with Crippen molar-refractivity contribution in [2.24, 2.45) is 5.92 Å². The van der Waals surface area contributed by atoms with Crippen LogP contribution in [-0.2, 0) is 16.1 Å². The molecule has 0 bridgehead atoms. The lowest BCUT2D eigenvalue weighted by molar-refractivity contribution is -0.139. The van der Waals surface area contributed by atoms with Gasteiger partial charge in [-0.15, -0.1) is 0 Å². The number of benzene rings is 1. The molecule has 1 aliphatic heterocycles. The Labute approximate surface area is 134 Å². The van der Waals surface area contributed by atoms with E-state index in [1.807, 2.05) is 13.8 Å². The highest BCUT2D eigenvalue weighted by Gasteiger charge is 2.34. The fraction of sp³-hybridized carbons (Fsp3) is 0.500. The van der Waals surface area contributed by atoms with Gasteiger partial charge in [0.1, 0.15) is 11.9 Å². The Kier molecular flexibility index (Phi) is 5.40. The molecule has 0 aliphatic carbocycles. The van der Waals surface area contributed by atoms with Gasteiger partial charge in [-0.05, 0) is 30.0 Å². The monoisotopic (exact) mass is 326 g/mol. The van der Waals surface area contributed by atoms with Crippen LogP contribution in [0.5, 0.6) is 0 Å². The van der Waals surface area contributed by atoms with Crippen LogP contribution in [0.3, 0.4) is 0 Å².